The Kier molecular flexibility index (Phi) is 8.44. The molecule has 2 heterocycles. The quantitative estimate of drug-likeness (QED) is 0.171. The summed E-state index contributed by atoms with van der Waals surface area (Å²) >= 11 is 0. The van der Waals surface area contributed by atoms with Crippen molar-refractivity contribution in [2.24, 2.45) is 0 Å². The van der Waals surface area contributed by atoms with Gasteiger partial charge in [0.1, 0.15) is 17.6 Å². The highest BCUT2D eigenvalue weighted by molar-refractivity contribution is 6.46. The van der Waals surface area contributed by atoms with Crippen LogP contribution in [0.15, 0.2) is 72.4 Å². The van der Waals surface area contributed by atoms with E-state index in [-0.39, 0.29) is 30.4 Å². The van der Waals surface area contributed by atoms with Gasteiger partial charge in [0.25, 0.3) is 11.7 Å². The van der Waals surface area contributed by atoms with Crippen molar-refractivity contribution in [3.8, 4) is 5.75 Å². The summed E-state index contributed by atoms with van der Waals surface area (Å²) in [6.07, 6.45) is 1.58. The fraction of sp³-hybridized carbons (Fsp3) is 0.290. The van der Waals surface area contributed by atoms with Crippen LogP contribution < -0.4 is 4.74 Å². The molecule has 1 amide bonds. The van der Waals surface area contributed by atoms with Gasteiger partial charge in [0.2, 0.25) is 0 Å². The number of likely N-dealkylation sites (tertiary alicyclic amines) is 1. The topological polar surface area (TPSA) is 106 Å². The number of pyridine rings is 1. The third-order valence-electron chi connectivity index (χ3n) is 6.53. The van der Waals surface area contributed by atoms with Gasteiger partial charge < -0.3 is 19.5 Å². The van der Waals surface area contributed by atoms with Crippen molar-refractivity contribution in [3.63, 3.8) is 0 Å². The van der Waals surface area contributed by atoms with Crippen molar-refractivity contribution in [1.29, 1.82) is 0 Å². The van der Waals surface area contributed by atoms with E-state index < -0.39 is 23.7 Å². The molecule has 1 unspecified atom stereocenters. The third-order valence-corrected chi connectivity index (χ3v) is 6.53. The van der Waals surface area contributed by atoms with E-state index in [9.17, 15) is 19.5 Å². The number of ketones is 1. The van der Waals surface area contributed by atoms with Crippen LogP contribution in [0, 0.1) is 0 Å². The summed E-state index contributed by atoms with van der Waals surface area (Å²) in [5.41, 5.74) is 2.82. The predicted molar refractivity (Wildman–Crippen MR) is 146 cm³/mol. The normalized spacial score (nSPS) is 16.5. The number of amides is 1. The van der Waals surface area contributed by atoms with Crippen LogP contribution in [0.3, 0.4) is 0 Å². The minimum atomic E-state index is -0.898. The molecule has 39 heavy (non-hydrogen) atoms. The van der Waals surface area contributed by atoms with Gasteiger partial charge in [0.15, 0.2) is 0 Å². The van der Waals surface area contributed by atoms with E-state index >= 15 is 0 Å². The van der Waals surface area contributed by atoms with E-state index in [0.29, 0.717) is 34.7 Å². The van der Waals surface area contributed by atoms with Crippen LogP contribution in [-0.2, 0) is 20.9 Å². The first-order chi connectivity index (χ1) is 18.8. The Balaban J connectivity index is 1.77. The summed E-state index contributed by atoms with van der Waals surface area (Å²) in [6, 6.07) is 16.2. The lowest BCUT2D eigenvalue weighted by atomic mass is 9.94. The Labute approximate surface area is 227 Å². The van der Waals surface area contributed by atoms with Crippen LogP contribution in [0.4, 0.5) is 0 Å². The van der Waals surface area contributed by atoms with Gasteiger partial charge in [-0.25, -0.2) is 4.79 Å². The second-order valence-corrected chi connectivity index (χ2v) is 9.44. The van der Waals surface area contributed by atoms with Crippen molar-refractivity contribution in [2.45, 2.75) is 46.2 Å². The average Bonchev–Trinajstić information content (AvgIpc) is 3.19. The number of carbonyl (C=O) groups is 3. The number of hydrogen-bond donors (Lipinski definition) is 1. The van der Waals surface area contributed by atoms with Gasteiger partial charge in [0.05, 0.1) is 30.0 Å². The SMILES string of the molecule is CCOC(=O)c1ccc(CN2C(=O)C(=O)/C(=C(\O)c3ccc(OCC)c(C(C)C)c3)C2c2ccccn2)cc1. The van der Waals surface area contributed by atoms with Crippen LogP contribution in [0.1, 0.15) is 72.4 Å². The van der Waals surface area contributed by atoms with Gasteiger partial charge in [-0.1, -0.05) is 32.0 Å². The second-order valence-electron chi connectivity index (χ2n) is 9.44. The van der Waals surface area contributed by atoms with Gasteiger partial charge in [-0.3, -0.25) is 14.6 Å². The standard InChI is InChI=1S/C31H32N2O6/c1-5-38-25-15-14-22(17-23(25)19(3)4)28(34)26-27(24-9-7-8-16-32-24)33(30(36)29(26)35)18-20-10-12-21(13-11-20)31(37)39-6-2/h7-17,19,27,34H,5-6,18H2,1-4H3/b28-26-. The number of ether oxygens (including phenoxy) is 2. The smallest absolute Gasteiger partial charge is 0.338 e. The van der Waals surface area contributed by atoms with Gasteiger partial charge in [0, 0.05) is 18.3 Å². The number of rotatable bonds is 9. The lowest BCUT2D eigenvalue weighted by molar-refractivity contribution is -0.140. The van der Waals surface area contributed by atoms with Crippen LogP contribution in [-0.4, -0.2) is 45.9 Å². The van der Waals surface area contributed by atoms with E-state index in [1.807, 2.05) is 20.8 Å². The molecule has 1 saturated heterocycles. The van der Waals surface area contributed by atoms with E-state index in [1.54, 1.807) is 73.8 Å². The Hall–Kier alpha value is -4.46. The molecular formula is C31H32N2O6. The molecule has 1 fully saturated rings. The van der Waals surface area contributed by atoms with Crippen LogP contribution in [0.5, 0.6) is 5.75 Å². The number of aliphatic hydroxyl groups is 1. The van der Waals surface area contributed by atoms with Crippen molar-refractivity contribution in [1.82, 2.24) is 9.88 Å². The fourth-order valence-corrected chi connectivity index (χ4v) is 4.64. The summed E-state index contributed by atoms with van der Waals surface area (Å²) in [5.74, 6) is -1.42. The number of esters is 1. The lowest BCUT2D eigenvalue weighted by Gasteiger charge is -2.24. The highest BCUT2D eigenvalue weighted by Crippen LogP contribution is 2.40. The summed E-state index contributed by atoms with van der Waals surface area (Å²) in [6.45, 7) is 8.50. The molecule has 0 aliphatic carbocycles. The number of nitrogens with zero attached hydrogens (tertiary/aromatic N) is 2. The molecule has 0 bridgehead atoms. The molecule has 4 rings (SSSR count). The molecule has 3 aromatic rings. The number of aromatic nitrogens is 1. The van der Waals surface area contributed by atoms with Gasteiger partial charge >= 0.3 is 5.97 Å². The first kappa shape index (κ1) is 27.6. The average molecular weight is 529 g/mol. The van der Waals surface area contributed by atoms with Gasteiger partial charge in [-0.2, -0.15) is 0 Å². The number of hydrogen-bond acceptors (Lipinski definition) is 7. The summed E-state index contributed by atoms with van der Waals surface area (Å²) in [5, 5.41) is 11.5. The molecule has 0 spiro atoms. The zero-order valence-electron chi connectivity index (χ0n) is 22.5. The summed E-state index contributed by atoms with van der Waals surface area (Å²) in [4.78, 5) is 44.5. The Morgan fingerprint density at radius 2 is 1.72 bits per heavy atom. The van der Waals surface area contributed by atoms with Crippen molar-refractivity contribution >= 4 is 23.4 Å². The zero-order valence-corrected chi connectivity index (χ0v) is 22.5. The van der Waals surface area contributed by atoms with E-state index in [2.05, 4.69) is 4.98 Å². The molecule has 202 valence electrons. The number of carbonyl (C=O) groups excluding carboxylic acids is 3. The summed E-state index contributed by atoms with van der Waals surface area (Å²) in [7, 11) is 0. The second kappa shape index (κ2) is 11.9. The molecular weight excluding hydrogens is 496 g/mol. The van der Waals surface area contributed by atoms with E-state index in [1.165, 1.54) is 4.90 Å². The fourth-order valence-electron chi connectivity index (χ4n) is 4.64. The van der Waals surface area contributed by atoms with Gasteiger partial charge in [-0.05, 0) is 73.4 Å². The molecule has 2 aromatic carbocycles. The predicted octanol–water partition coefficient (Wildman–Crippen LogP) is 5.40. The number of aliphatic hydroxyl groups excluding tert-OH is 1. The lowest BCUT2D eigenvalue weighted by Crippen LogP contribution is -2.29. The van der Waals surface area contributed by atoms with Crippen molar-refractivity contribution in [3.05, 3.63) is 100 Å². The molecule has 8 nitrogen and oxygen atoms in total. The molecule has 0 saturated carbocycles. The maximum Gasteiger partial charge on any atom is 0.338 e. The van der Waals surface area contributed by atoms with Crippen molar-refractivity contribution < 1.29 is 29.0 Å². The molecule has 1 aromatic heterocycles. The Bertz CT molecular complexity index is 1400. The highest BCUT2D eigenvalue weighted by atomic mass is 16.5. The van der Waals surface area contributed by atoms with Crippen LogP contribution in [0.2, 0.25) is 0 Å². The largest absolute Gasteiger partial charge is 0.507 e. The van der Waals surface area contributed by atoms with Crippen molar-refractivity contribution in [2.75, 3.05) is 13.2 Å². The molecule has 1 aliphatic rings. The highest BCUT2D eigenvalue weighted by Gasteiger charge is 2.46. The molecule has 1 aliphatic heterocycles. The first-order valence-corrected chi connectivity index (χ1v) is 13.0. The summed E-state index contributed by atoms with van der Waals surface area (Å²) < 4.78 is 10.8. The Morgan fingerprint density at radius 3 is 2.33 bits per heavy atom. The molecule has 1 N–H and O–H groups in total. The molecule has 0 radical (unpaired) electrons. The minimum absolute atomic E-state index is 0.0271. The maximum absolute atomic E-state index is 13.4. The minimum Gasteiger partial charge on any atom is -0.507 e. The third kappa shape index (κ3) is 5.70. The number of benzene rings is 2. The number of Topliss-reactive ketones (excluding diaryl/α,β-unsaturated/α-hetero) is 1. The van der Waals surface area contributed by atoms with E-state index in [0.717, 1.165) is 5.56 Å². The first-order valence-electron chi connectivity index (χ1n) is 13.0. The Morgan fingerprint density at radius 1 is 1.00 bits per heavy atom. The zero-order chi connectivity index (χ0) is 28.1. The monoisotopic (exact) mass is 528 g/mol. The molecule has 1 atom stereocenters. The van der Waals surface area contributed by atoms with Crippen LogP contribution >= 0.6 is 0 Å². The van der Waals surface area contributed by atoms with E-state index in [4.69, 9.17) is 9.47 Å². The maximum atomic E-state index is 13.4. The van der Waals surface area contributed by atoms with Crippen LogP contribution in [0.25, 0.3) is 5.76 Å². The van der Waals surface area contributed by atoms with Gasteiger partial charge in [-0.15, -0.1) is 0 Å². The molecule has 8 heteroatoms.